The molecule has 14 heavy (non-hydrogen) atoms. The summed E-state index contributed by atoms with van der Waals surface area (Å²) in [6, 6.07) is 7.25. The van der Waals surface area contributed by atoms with Crippen molar-refractivity contribution in [3.63, 3.8) is 0 Å². The van der Waals surface area contributed by atoms with Crippen LogP contribution in [0.2, 0.25) is 0 Å². The predicted molar refractivity (Wildman–Crippen MR) is 53.9 cm³/mol. The molecule has 0 heterocycles. The number of carbonyl (C=O) groups is 2. The number of carbonyl (C=O) groups excluding carboxylic acids is 2. The van der Waals surface area contributed by atoms with Crippen molar-refractivity contribution in [1.29, 1.82) is 0 Å². The molecule has 0 fully saturated rings. The molecule has 0 unspecified atom stereocenters. The molecule has 1 aromatic carbocycles. The van der Waals surface area contributed by atoms with E-state index < -0.39 is 11.8 Å². The SMILES string of the molecule is CNC(=O)C(=O)Nc1cccc(C)c1. The van der Waals surface area contributed by atoms with Crippen LogP contribution in [0.1, 0.15) is 5.56 Å². The lowest BCUT2D eigenvalue weighted by atomic mass is 10.2. The maximum atomic E-state index is 11.1. The Bertz CT molecular complexity index is 361. The quantitative estimate of drug-likeness (QED) is 0.643. The molecule has 0 aliphatic heterocycles. The van der Waals surface area contributed by atoms with E-state index in [1.165, 1.54) is 7.05 Å². The van der Waals surface area contributed by atoms with E-state index in [0.29, 0.717) is 5.69 Å². The summed E-state index contributed by atoms with van der Waals surface area (Å²) in [5.74, 6) is -1.30. The fourth-order valence-electron chi connectivity index (χ4n) is 1.02. The van der Waals surface area contributed by atoms with Crippen molar-refractivity contribution in [2.45, 2.75) is 6.92 Å². The van der Waals surface area contributed by atoms with E-state index in [2.05, 4.69) is 10.6 Å². The number of likely N-dealkylation sites (N-methyl/N-ethyl adjacent to an activating group) is 1. The van der Waals surface area contributed by atoms with E-state index >= 15 is 0 Å². The van der Waals surface area contributed by atoms with Gasteiger partial charge in [0.1, 0.15) is 0 Å². The van der Waals surface area contributed by atoms with Crippen molar-refractivity contribution in [3.8, 4) is 0 Å². The van der Waals surface area contributed by atoms with Crippen molar-refractivity contribution in [2.24, 2.45) is 0 Å². The molecule has 4 nitrogen and oxygen atoms in total. The van der Waals surface area contributed by atoms with Gasteiger partial charge < -0.3 is 10.6 Å². The normalized spacial score (nSPS) is 9.29. The Morgan fingerprint density at radius 2 is 1.93 bits per heavy atom. The smallest absolute Gasteiger partial charge is 0.313 e. The molecule has 0 spiro atoms. The average molecular weight is 192 g/mol. The Labute approximate surface area is 82.3 Å². The highest BCUT2D eigenvalue weighted by molar-refractivity contribution is 6.39. The molecule has 4 heteroatoms. The van der Waals surface area contributed by atoms with Gasteiger partial charge in [-0.05, 0) is 24.6 Å². The van der Waals surface area contributed by atoms with Crippen LogP contribution < -0.4 is 10.6 Å². The molecular formula is C10H12N2O2. The van der Waals surface area contributed by atoms with Crippen LogP contribution in [-0.2, 0) is 9.59 Å². The number of amides is 2. The fourth-order valence-corrected chi connectivity index (χ4v) is 1.02. The molecule has 0 saturated heterocycles. The highest BCUT2D eigenvalue weighted by Crippen LogP contribution is 2.08. The minimum absolute atomic E-state index is 0.624. The van der Waals surface area contributed by atoms with Crippen molar-refractivity contribution >= 4 is 17.5 Å². The van der Waals surface area contributed by atoms with E-state index in [0.717, 1.165) is 5.56 Å². The van der Waals surface area contributed by atoms with Gasteiger partial charge in [0.15, 0.2) is 0 Å². The van der Waals surface area contributed by atoms with Crippen LogP contribution in [0.5, 0.6) is 0 Å². The van der Waals surface area contributed by atoms with Crippen LogP contribution in [0.3, 0.4) is 0 Å². The van der Waals surface area contributed by atoms with E-state index in [1.807, 2.05) is 19.1 Å². The summed E-state index contributed by atoms with van der Waals surface area (Å²) in [5.41, 5.74) is 1.65. The molecule has 74 valence electrons. The Hall–Kier alpha value is -1.84. The number of rotatable bonds is 1. The third-order valence-electron chi connectivity index (χ3n) is 1.71. The summed E-state index contributed by atoms with van der Waals surface area (Å²) in [7, 11) is 1.41. The second-order valence-corrected chi connectivity index (χ2v) is 2.90. The lowest BCUT2D eigenvalue weighted by molar-refractivity contribution is -0.135. The highest BCUT2D eigenvalue weighted by atomic mass is 16.2. The summed E-state index contributed by atoms with van der Waals surface area (Å²) in [6.07, 6.45) is 0. The average Bonchev–Trinajstić information content (AvgIpc) is 2.16. The van der Waals surface area contributed by atoms with Gasteiger partial charge >= 0.3 is 11.8 Å². The summed E-state index contributed by atoms with van der Waals surface area (Å²) in [4.78, 5) is 22.0. The van der Waals surface area contributed by atoms with Crippen molar-refractivity contribution < 1.29 is 9.59 Å². The molecule has 0 atom stereocenters. The van der Waals surface area contributed by atoms with E-state index in [9.17, 15) is 9.59 Å². The largest absolute Gasteiger partial charge is 0.351 e. The van der Waals surface area contributed by atoms with E-state index in [4.69, 9.17) is 0 Å². The molecular weight excluding hydrogens is 180 g/mol. The van der Waals surface area contributed by atoms with Gasteiger partial charge in [0.2, 0.25) is 0 Å². The zero-order valence-electron chi connectivity index (χ0n) is 8.13. The van der Waals surface area contributed by atoms with Crippen molar-refractivity contribution in [3.05, 3.63) is 29.8 Å². The second kappa shape index (κ2) is 4.41. The van der Waals surface area contributed by atoms with Crippen LogP contribution in [0.15, 0.2) is 24.3 Å². The first-order valence-electron chi connectivity index (χ1n) is 4.23. The van der Waals surface area contributed by atoms with Crippen molar-refractivity contribution in [2.75, 3.05) is 12.4 Å². The molecule has 1 aromatic rings. The van der Waals surface area contributed by atoms with Gasteiger partial charge in [-0.1, -0.05) is 12.1 Å². The van der Waals surface area contributed by atoms with Gasteiger partial charge in [-0.3, -0.25) is 9.59 Å². The fraction of sp³-hybridized carbons (Fsp3) is 0.200. The van der Waals surface area contributed by atoms with Crippen LogP contribution in [0.25, 0.3) is 0 Å². The van der Waals surface area contributed by atoms with Gasteiger partial charge in [0, 0.05) is 12.7 Å². The first kappa shape index (κ1) is 10.2. The lowest BCUT2D eigenvalue weighted by Gasteiger charge is -2.04. The topological polar surface area (TPSA) is 58.2 Å². The highest BCUT2D eigenvalue weighted by Gasteiger charge is 2.10. The monoisotopic (exact) mass is 192 g/mol. The number of benzene rings is 1. The first-order chi connectivity index (χ1) is 6.63. The molecule has 0 bridgehead atoms. The molecule has 1 rings (SSSR count). The Morgan fingerprint density at radius 3 is 2.50 bits per heavy atom. The summed E-state index contributed by atoms with van der Waals surface area (Å²) in [5, 5.41) is 4.73. The number of hydrogen-bond acceptors (Lipinski definition) is 2. The first-order valence-corrected chi connectivity index (χ1v) is 4.23. The van der Waals surface area contributed by atoms with Crippen LogP contribution in [0, 0.1) is 6.92 Å². The van der Waals surface area contributed by atoms with Gasteiger partial charge in [0.05, 0.1) is 0 Å². The van der Waals surface area contributed by atoms with Crippen LogP contribution in [-0.4, -0.2) is 18.9 Å². The van der Waals surface area contributed by atoms with Crippen molar-refractivity contribution in [1.82, 2.24) is 5.32 Å². The number of aryl methyl sites for hydroxylation is 1. The Morgan fingerprint density at radius 1 is 1.21 bits per heavy atom. The number of nitrogens with one attached hydrogen (secondary N) is 2. The van der Waals surface area contributed by atoms with Gasteiger partial charge in [-0.25, -0.2) is 0 Å². The van der Waals surface area contributed by atoms with E-state index in [-0.39, 0.29) is 0 Å². The molecule has 0 radical (unpaired) electrons. The van der Waals surface area contributed by atoms with Gasteiger partial charge in [0.25, 0.3) is 0 Å². The Balaban J connectivity index is 2.70. The van der Waals surface area contributed by atoms with E-state index in [1.54, 1.807) is 12.1 Å². The number of anilines is 1. The summed E-state index contributed by atoms with van der Waals surface area (Å²) < 4.78 is 0. The third kappa shape index (κ3) is 2.58. The molecule has 0 saturated carbocycles. The minimum atomic E-state index is -0.655. The molecule has 0 aliphatic rings. The lowest BCUT2D eigenvalue weighted by Crippen LogP contribution is -2.32. The van der Waals surface area contributed by atoms with Gasteiger partial charge in [-0.15, -0.1) is 0 Å². The standard InChI is InChI=1S/C10H12N2O2/c1-7-4-3-5-8(6-7)12-10(14)9(13)11-2/h3-6H,1-2H3,(H,11,13)(H,12,14). The maximum absolute atomic E-state index is 11.1. The van der Waals surface area contributed by atoms with Crippen LogP contribution >= 0.6 is 0 Å². The zero-order chi connectivity index (χ0) is 10.6. The molecule has 2 N–H and O–H groups in total. The molecule has 0 aliphatic carbocycles. The predicted octanol–water partition coefficient (Wildman–Crippen LogP) is 0.680. The maximum Gasteiger partial charge on any atom is 0.313 e. The third-order valence-corrected chi connectivity index (χ3v) is 1.71. The molecule has 0 aromatic heterocycles. The molecule has 2 amide bonds. The Kier molecular flexibility index (Phi) is 3.23. The van der Waals surface area contributed by atoms with Gasteiger partial charge in [-0.2, -0.15) is 0 Å². The minimum Gasteiger partial charge on any atom is -0.351 e. The second-order valence-electron chi connectivity index (χ2n) is 2.90. The van der Waals surface area contributed by atoms with Crippen LogP contribution in [0.4, 0.5) is 5.69 Å². The zero-order valence-corrected chi connectivity index (χ0v) is 8.13. The number of hydrogen-bond donors (Lipinski definition) is 2. The summed E-state index contributed by atoms with van der Waals surface area (Å²) in [6.45, 7) is 1.91. The summed E-state index contributed by atoms with van der Waals surface area (Å²) >= 11 is 0.